The number of rotatable bonds is 5. The van der Waals surface area contributed by atoms with Crippen LogP contribution in [0, 0.1) is 0 Å². The molecule has 1 N–H and O–H groups in total. The van der Waals surface area contributed by atoms with Crippen molar-refractivity contribution in [1.29, 1.82) is 0 Å². The van der Waals surface area contributed by atoms with Gasteiger partial charge in [-0.05, 0) is 12.5 Å². The van der Waals surface area contributed by atoms with Crippen molar-refractivity contribution in [3.8, 4) is 0 Å². The Morgan fingerprint density at radius 1 is 1.18 bits per heavy atom. The molecule has 0 amide bonds. The van der Waals surface area contributed by atoms with E-state index >= 15 is 0 Å². The van der Waals surface area contributed by atoms with Crippen molar-refractivity contribution in [2.75, 3.05) is 0 Å². The van der Waals surface area contributed by atoms with Gasteiger partial charge < -0.3 is 9.13 Å². The van der Waals surface area contributed by atoms with Gasteiger partial charge in [-0.15, -0.1) is 0 Å². The zero-order valence-corrected chi connectivity index (χ0v) is 15.2. The van der Waals surface area contributed by atoms with E-state index in [1.165, 1.54) is 16.2 Å². The number of fused-ring (bicyclic) bond motifs is 1. The molecule has 3 heterocycles. The molecule has 0 unspecified atom stereocenters. The lowest BCUT2D eigenvalue weighted by molar-refractivity contribution is -0.138. The predicted octanol–water partition coefficient (Wildman–Crippen LogP) is 1.45. The fourth-order valence-electron chi connectivity index (χ4n) is 2.93. The lowest BCUT2D eigenvalue weighted by Gasteiger charge is -2.10. The van der Waals surface area contributed by atoms with Gasteiger partial charge in [0.15, 0.2) is 11.2 Å². The molecule has 11 heteroatoms. The first-order chi connectivity index (χ1) is 13.1. The molecule has 0 atom stereocenters. The topological polar surface area (TPSA) is 94.7 Å². The second-order valence-corrected chi connectivity index (χ2v) is 6.41. The molecular formula is C17H18F3N5O3. The van der Waals surface area contributed by atoms with Crippen LogP contribution in [-0.4, -0.2) is 23.7 Å². The van der Waals surface area contributed by atoms with Crippen LogP contribution in [0.3, 0.4) is 0 Å². The van der Waals surface area contributed by atoms with Gasteiger partial charge in [0.2, 0.25) is 0 Å². The number of imidazole rings is 1. The summed E-state index contributed by atoms with van der Waals surface area (Å²) in [7, 11) is 1.51. The number of hydrogen-bond donors (Lipinski definition) is 1. The van der Waals surface area contributed by atoms with Crippen molar-refractivity contribution >= 4 is 11.2 Å². The highest BCUT2D eigenvalue weighted by molar-refractivity contribution is 5.70. The number of aryl methyl sites for hydroxylation is 2. The van der Waals surface area contributed by atoms with Crippen molar-refractivity contribution in [3.05, 3.63) is 60.9 Å². The van der Waals surface area contributed by atoms with Crippen molar-refractivity contribution < 1.29 is 13.2 Å². The second-order valence-electron chi connectivity index (χ2n) is 6.41. The number of alkyl halides is 3. The van der Waals surface area contributed by atoms with Crippen LogP contribution in [-0.2, 0) is 26.3 Å². The molecule has 0 aliphatic rings. The summed E-state index contributed by atoms with van der Waals surface area (Å²) < 4.78 is 42.4. The Morgan fingerprint density at radius 2 is 1.89 bits per heavy atom. The third kappa shape index (κ3) is 3.51. The molecule has 0 saturated carbocycles. The van der Waals surface area contributed by atoms with Gasteiger partial charge in [-0.3, -0.25) is 19.1 Å². The van der Waals surface area contributed by atoms with E-state index < -0.39 is 28.5 Å². The number of unbranched alkanes of at least 4 members (excludes halogenated alkanes) is 1. The van der Waals surface area contributed by atoms with Gasteiger partial charge in [0.1, 0.15) is 5.82 Å². The second kappa shape index (κ2) is 7.13. The van der Waals surface area contributed by atoms with Crippen LogP contribution in [0.15, 0.2) is 32.7 Å². The van der Waals surface area contributed by atoms with E-state index in [-0.39, 0.29) is 23.5 Å². The Bertz CT molecular complexity index is 1200. The molecule has 0 spiro atoms. The number of halogens is 3. The molecule has 0 saturated heterocycles. The fourth-order valence-corrected chi connectivity index (χ4v) is 2.93. The highest BCUT2D eigenvalue weighted by Crippen LogP contribution is 2.28. The molecule has 0 fully saturated rings. The number of nitrogens with one attached hydrogen (secondary N) is 1. The Kier molecular flexibility index (Phi) is 5.01. The van der Waals surface area contributed by atoms with E-state index in [9.17, 15) is 27.6 Å². The zero-order valence-electron chi connectivity index (χ0n) is 15.2. The van der Waals surface area contributed by atoms with Gasteiger partial charge in [-0.25, -0.2) is 9.78 Å². The van der Waals surface area contributed by atoms with Gasteiger partial charge in [0.25, 0.3) is 11.1 Å². The molecule has 3 aromatic rings. The molecule has 0 aromatic carbocycles. The van der Waals surface area contributed by atoms with Crippen LogP contribution in [0.1, 0.15) is 31.2 Å². The zero-order chi connectivity index (χ0) is 20.6. The van der Waals surface area contributed by atoms with E-state index in [1.54, 1.807) is 0 Å². The molecule has 0 radical (unpaired) electrons. The number of hydrogen-bond acceptors (Lipinski definition) is 4. The summed E-state index contributed by atoms with van der Waals surface area (Å²) in [6.07, 6.45) is -2.40. The third-order valence-corrected chi connectivity index (χ3v) is 4.46. The molecule has 3 aromatic heterocycles. The van der Waals surface area contributed by atoms with E-state index in [1.807, 2.05) is 6.92 Å². The van der Waals surface area contributed by atoms with E-state index in [0.29, 0.717) is 25.2 Å². The standard InChI is InChI=1S/C17H18F3N5O3/c1-3-4-7-25-14-13(15(27)22-16(25)28)23(2)11(21-14)9-24-8-10(17(18,19)20)5-6-12(24)26/h5-6,8H,3-4,7,9H2,1-2H3,(H,22,27,28). The van der Waals surface area contributed by atoms with Crippen LogP contribution >= 0.6 is 0 Å². The van der Waals surface area contributed by atoms with Crippen molar-refractivity contribution in [2.24, 2.45) is 7.05 Å². The van der Waals surface area contributed by atoms with Crippen molar-refractivity contribution in [1.82, 2.24) is 23.7 Å². The number of H-pyrrole nitrogens is 1. The maximum Gasteiger partial charge on any atom is 0.417 e. The average molecular weight is 397 g/mol. The first kappa shape index (κ1) is 19.6. The Balaban J connectivity index is 2.14. The van der Waals surface area contributed by atoms with Gasteiger partial charge in [0.05, 0.1) is 12.1 Å². The molecule has 0 aliphatic heterocycles. The van der Waals surface area contributed by atoms with Crippen molar-refractivity contribution in [3.63, 3.8) is 0 Å². The van der Waals surface area contributed by atoms with Gasteiger partial charge >= 0.3 is 11.9 Å². The Labute approximate surface area is 155 Å². The predicted molar refractivity (Wildman–Crippen MR) is 95.3 cm³/mol. The number of nitrogens with zero attached hydrogens (tertiary/aromatic N) is 4. The van der Waals surface area contributed by atoms with Gasteiger partial charge in [-0.2, -0.15) is 13.2 Å². The number of aromatic nitrogens is 5. The molecule has 28 heavy (non-hydrogen) atoms. The van der Waals surface area contributed by atoms with E-state index in [4.69, 9.17) is 0 Å². The molecule has 0 bridgehead atoms. The third-order valence-electron chi connectivity index (χ3n) is 4.46. The Hall–Kier alpha value is -3.11. The first-order valence-electron chi connectivity index (χ1n) is 8.59. The summed E-state index contributed by atoms with van der Waals surface area (Å²) in [5.74, 6) is 0.178. The average Bonchev–Trinajstić information content (AvgIpc) is 2.92. The van der Waals surface area contributed by atoms with Gasteiger partial charge in [-0.1, -0.05) is 13.3 Å². The van der Waals surface area contributed by atoms with Crippen LogP contribution in [0.2, 0.25) is 0 Å². The minimum absolute atomic E-state index is 0.116. The lowest BCUT2D eigenvalue weighted by atomic mass is 10.3. The molecule has 0 aliphatic carbocycles. The van der Waals surface area contributed by atoms with Gasteiger partial charge in [0, 0.05) is 25.9 Å². The fraction of sp³-hybridized carbons (Fsp3) is 0.412. The Morgan fingerprint density at radius 3 is 2.54 bits per heavy atom. The summed E-state index contributed by atoms with van der Waals surface area (Å²) in [5.41, 5.74) is -2.61. The molecule has 8 nitrogen and oxygen atoms in total. The highest BCUT2D eigenvalue weighted by Gasteiger charge is 2.31. The SMILES string of the molecule is CCCCn1c(=O)[nH]c(=O)c2c1nc(Cn1cc(C(F)(F)F)ccc1=O)n2C. The van der Waals surface area contributed by atoms with E-state index in [0.717, 1.165) is 17.1 Å². The minimum Gasteiger partial charge on any atom is -0.324 e. The van der Waals surface area contributed by atoms with Crippen LogP contribution < -0.4 is 16.8 Å². The minimum atomic E-state index is -4.60. The van der Waals surface area contributed by atoms with Crippen molar-refractivity contribution in [2.45, 2.75) is 39.0 Å². The smallest absolute Gasteiger partial charge is 0.324 e. The largest absolute Gasteiger partial charge is 0.417 e. The first-order valence-corrected chi connectivity index (χ1v) is 8.59. The quantitative estimate of drug-likeness (QED) is 0.705. The molecule has 3 rings (SSSR count). The monoisotopic (exact) mass is 397 g/mol. The summed E-state index contributed by atoms with van der Waals surface area (Å²) in [6, 6.07) is 1.54. The summed E-state index contributed by atoms with van der Waals surface area (Å²) >= 11 is 0. The normalized spacial score (nSPS) is 12.0. The lowest BCUT2D eigenvalue weighted by Crippen LogP contribution is -2.31. The number of pyridine rings is 1. The summed E-state index contributed by atoms with van der Waals surface area (Å²) in [5, 5.41) is 0. The summed E-state index contributed by atoms with van der Waals surface area (Å²) in [4.78, 5) is 42.8. The van der Waals surface area contributed by atoms with Crippen LogP contribution in [0.25, 0.3) is 11.2 Å². The van der Waals surface area contributed by atoms with Crippen LogP contribution in [0.5, 0.6) is 0 Å². The number of aromatic amines is 1. The molecular weight excluding hydrogens is 379 g/mol. The maximum atomic E-state index is 12.9. The van der Waals surface area contributed by atoms with Crippen LogP contribution in [0.4, 0.5) is 13.2 Å². The highest BCUT2D eigenvalue weighted by atomic mass is 19.4. The van der Waals surface area contributed by atoms with E-state index in [2.05, 4.69) is 9.97 Å². The summed E-state index contributed by atoms with van der Waals surface area (Å²) in [6.45, 7) is 2.00. The molecule has 150 valence electrons. The maximum absolute atomic E-state index is 12.9.